The number of piperidine rings is 1. The highest BCUT2D eigenvalue weighted by Gasteiger charge is 2.39. The molecule has 0 radical (unpaired) electrons. The number of likely N-dealkylation sites (tertiary alicyclic amines) is 1. The van der Waals surface area contributed by atoms with E-state index in [-0.39, 0.29) is 5.54 Å². The summed E-state index contributed by atoms with van der Waals surface area (Å²) >= 11 is 0. The first kappa shape index (κ1) is 12.3. The summed E-state index contributed by atoms with van der Waals surface area (Å²) in [6, 6.07) is 0.704. The van der Waals surface area contributed by atoms with Crippen molar-refractivity contribution in [2.75, 3.05) is 26.3 Å². The van der Waals surface area contributed by atoms with Crippen molar-refractivity contribution in [1.82, 2.24) is 4.90 Å². The standard InChI is InChI=1S/C13H26N2O/c1-12-5-2-3-8-15(12)13(11-14)6-4-9-16-10-7-13/h12H,2-11,14H2,1H3. The Balaban J connectivity index is 2.10. The van der Waals surface area contributed by atoms with E-state index >= 15 is 0 Å². The van der Waals surface area contributed by atoms with Gasteiger partial charge in [-0.15, -0.1) is 0 Å². The summed E-state index contributed by atoms with van der Waals surface area (Å²) in [4.78, 5) is 2.69. The van der Waals surface area contributed by atoms with Crippen molar-refractivity contribution in [3.8, 4) is 0 Å². The number of hydrogen-bond acceptors (Lipinski definition) is 3. The number of ether oxygens (including phenoxy) is 1. The zero-order valence-corrected chi connectivity index (χ0v) is 10.6. The average Bonchev–Trinajstić information content (AvgIpc) is 2.56. The molecule has 2 N–H and O–H groups in total. The second kappa shape index (κ2) is 5.48. The number of rotatable bonds is 2. The normalized spacial score (nSPS) is 38.2. The first-order chi connectivity index (χ1) is 7.78. The van der Waals surface area contributed by atoms with Crippen LogP contribution in [0, 0.1) is 0 Å². The van der Waals surface area contributed by atoms with Crippen molar-refractivity contribution in [1.29, 1.82) is 0 Å². The average molecular weight is 226 g/mol. The number of nitrogens with two attached hydrogens (primary N) is 1. The van der Waals surface area contributed by atoms with E-state index in [0.717, 1.165) is 26.2 Å². The molecule has 94 valence electrons. The van der Waals surface area contributed by atoms with Gasteiger partial charge in [-0.2, -0.15) is 0 Å². The van der Waals surface area contributed by atoms with E-state index in [1.54, 1.807) is 0 Å². The van der Waals surface area contributed by atoms with Crippen molar-refractivity contribution in [2.45, 2.75) is 57.0 Å². The lowest BCUT2D eigenvalue weighted by Gasteiger charge is -2.48. The van der Waals surface area contributed by atoms with Gasteiger partial charge in [0, 0.05) is 31.3 Å². The van der Waals surface area contributed by atoms with Gasteiger partial charge < -0.3 is 10.5 Å². The highest BCUT2D eigenvalue weighted by molar-refractivity contribution is 4.96. The molecule has 2 heterocycles. The molecule has 16 heavy (non-hydrogen) atoms. The van der Waals surface area contributed by atoms with Crippen LogP contribution in [0.15, 0.2) is 0 Å². The molecule has 0 aromatic rings. The molecule has 3 heteroatoms. The number of hydrogen-bond donors (Lipinski definition) is 1. The molecular weight excluding hydrogens is 200 g/mol. The molecular formula is C13H26N2O. The molecule has 2 unspecified atom stereocenters. The molecule has 2 fully saturated rings. The third-order valence-corrected chi connectivity index (χ3v) is 4.43. The predicted molar refractivity (Wildman–Crippen MR) is 66.5 cm³/mol. The van der Waals surface area contributed by atoms with Crippen LogP contribution in [0.25, 0.3) is 0 Å². The van der Waals surface area contributed by atoms with Gasteiger partial charge in [0.1, 0.15) is 0 Å². The molecule has 0 aromatic heterocycles. The monoisotopic (exact) mass is 226 g/mol. The van der Waals surface area contributed by atoms with E-state index < -0.39 is 0 Å². The maximum atomic E-state index is 6.10. The van der Waals surface area contributed by atoms with Crippen LogP contribution in [-0.2, 0) is 4.74 Å². The number of nitrogens with zero attached hydrogens (tertiary/aromatic N) is 1. The van der Waals surface area contributed by atoms with Crippen molar-refractivity contribution in [2.24, 2.45) is 5.73 Å². The van der Waals surface area contributed by atoms with Gasteiger partial charge in [-0.05, 0) is 45.6 Å². The Morgan fingerprint density at radius 3 is 2.88 bits per heavy atom. The lowest BCUT2D eigenvalue weighted by Crippen LogP contribution is -2.58. The minimum absolute atomic E-state index is 0.232. The molecule has 2 rings (SSSR count). The van der Waals surface area contributed by atoms with Crippen LogP contribution < -0.4 is 5.73 Å². The lowest BCUT2D eigenvalue weighted by molar-refractivity contribution is 0.0143. The first-order valence-electron chi connectivity index (χ1n) is 6.83. The largest absolute Gasteiger partial charge is 0.381 e. The van der Waals surface area contributed by atoms with E-state index in [4.69, 9.17) is 10.5 Å². The van der Waals surface area contributed by atoms with Crippen LogP contribution in [0.1, 0.15) is 45.4 Å². The van der Waals surface area contributed by atoms with Crippen LogP contribution in [0.5, 0.6) is 0 Å². The fraction of sp³-hybridized carbons (Fsp3) is 1.00. The SMILES string of the molecule is CC1CCCCN1C1(CN)CCCOCC1. The highest BCUT2D eigenvalue weighted by Crippen LogP contribution is 2.33. The maximum Gasteiger partial charge on any atom is 0.0484 e. The second-order valence-corrected chi connectivity index (χ2v) is 5.43. The summed E-state index contributed by atoms with van der Waals surface area (Å²) in [6.45, 7) is 6.20. The fourth-order valence-corrected chi connectivity index (χ4v) is 3.40. The van der Waals surface area contributed by atoms with Gasteiger partial charge in [-0.3, -0.25) is 4.90 Å². The van der Waals surface area contributed by atoms with Gasteiger partial charge in [0.25, 0.3) is 0 Å². The van der Waals surface area contributed by atoms with Crippen LogP contribution >= 0.6 is 0 Å². The predicted octanol–water partition coefficient (Wildman–Crippen LogP) is 1.76. The van der Waals surface area contributed by atoms with Crippen molar-refractivity contribution in [3.63, 3.8) is 0 Å². The van der Waals surface area contributed by atoms with E-state index in [2.05, 4.69) is 11.8 Å². The van der Waals surface area contributed by atoms with Gasteiger partial charge in [0.05, 0.1) is 0 Å². The van der Waals surface area contributed by atoms with Crippen molar-refractivity contribution < 1.29 is 4.74 Å². The van der Waals surface area contributed by atoms with Crippen molar-refractivity contribution >= 4 is 0 Å². The smallest absolute Gasteiger partial charge is 0.0484 e. The molecule has 0 aromatic carbocycles. The Morgan fingerprint density at radius 2 is 2.12 bits per heavy atom. The summed E-state index contributed by atoms with van der Waals surface area (Å²) in [5, 5.41) is 0. The third-order valence-electron chi connectivity index (χ3n) is 4.43. The second-order valence-electron chi connectivity index (χ2n) is 5.43. The molecule has 0 saturated carbocycles. The Morgan fingerprint density at radius 1 is 1.25 bits per heavy atom. The third kappa shape index (κ3) is 2.41. The van der Waals surface area contributed by atoms with E-state index in [0.29, 0.717) is 6.04 Å². The molecule has 0 amide bonds. The van der Waals surface area contributed by atoms with Crippen LogP contribution in [0.2, 0.25) is 0 Å². The van der Waals surface area contributed by atoms with Gasteiger partial charge in [-0.25, -0.2) is 0 Å². The summed E-state index contributed by atoms with van der Waals surface area (Å²) < 4.78 is 5.60. The molecule has 2 aliphatic heterocycles. The zero-order chi connectivity index (χ0) is 11.4. The van der Waals surface area contributed by atoms with Gasteiger partial charge in [-0.1, -0.05) is 6.42 Å². The van der Waals surface area contributed by atoms with E-state index in [1.165, 1.54) is 38.6 Å². The summed E-state index contributed by atoms with van der Waals surface area (Å²) in [6.07, 6.45) is 7.56. The highest BCUT2D eigenvalue weighted by atomic mass is 16.5. The van der Waals surface area contributed by atoms with Gasteiger partial charge >= 0.3 is 0 Å². The summed E-state index contributed by atoms with van der Waals surface area (Å²) in [5.41, 5.74) is 6.34. The van der Waals surface area contributed by atoms with Crippen LogP contribution in [-0.4, -0.2) is 42.8 Å². The molecule has 2 saturated heterocycles. The van der Waals surface area contributed by atoms with E-state index in [9.17, 15) is 0 Å². The maximum absolute atomic E-state index is 6.10. The molecule has 2 aliphatic rings. The Hall–Kier alpha value is -0.120. The topological polar surface area (TPSA) is 38.5 Å². The van der Waals surface area contributed by atoms with Crippen LogP contribution in [0.3, 0.4) is 0 Å². The van der Waals surface area contributed by atoms with Gasteiger partial charge in [0.2, 0.25) is 0 Å². The molecule has 0 aliphatic carbocycles. The molecule has 0 bridgehead atoms. The summed E-state index contributed by atoms with van der Waals surface area (Å²) in [7, 11) is 0. The summed E-state index contributed by atoms with van der Waals surface area (Å²) in [5.74, 6) is 0. The minimum atomic E-state index is 0.232. The Labute approximate surface area is 99.3 Å². The molecule has 3 nitrogen and oxygen atoms in total. The Kier molecular flexibility index (Phi) is 4.22. The van der Waals surface area contributed by atoms with Crippen molar-refractivity contribution in [3.05, 3.63) is 0 Å². The van der Waals surface area contributed by atoms with Crippen LogP contribution in [0.4, 0.5) is 0 Å². The molecule has 0 spiro atoms. The Bertz CT molecular complexity index is 212. The fourth-order valence-electron chi connectivity index (χ4n) is 3.40. The van der Waals surface area contributed by atoms with E-state index in [1.807, 2.05) is 0 Å². The minimum Gasteiger partial charge on any atom is -0.381 e. The van der Waals surface area contributed by atoms with Gasteiger partial charge in [0.15, 0.2) is 0 Å². The lowest BCUT2D eigenvalue weighted by atomic mass is 9.85. The quantitative estimate of drug-likeness (QED) is 0.780. The zero-order valence-electron chi connectivity index (χ0n) is 10.6. The molecule has 2 atom stereocenters. The first-order valence-corrected chi connectivity index (χ1v) is 6.83.